The Morgan fingerprint density at radius 2 is 1.79 bits per heavy atom. The van der Waals surface area contributed by atoms with E-state index in [0.717, 1.165) is 31.5 Å². The van der Waals surface area contributed by atoms with Crippen molar-refractivity contribution >= 4 is 11.9 Å². The third-order valence-electron chi connectivity index (χ3n) is 6.30. The average Bonchev–Trinajstić information content (AvgIpc) is 3.20. The maximum absolute atomic E-state index is 13.0. The van der Waals surface area contributed by atoms with Crippen LogP contribution in [0.2, 0.25) is 0 Å². The van der Waals surface area contributed by atoms with Gasteiger partial charge in [0, 0.05) is 32.5 Å². The molecule has 156 valence electrons. The quantitative estimate of drug-likeness (QED) is 0.656. The van der Waals surface area contributed by atoms with E-state index in [1.165, 1.54) is 4.90 Å². The third kappa shape index (κ3) is 3.64. The van der Waals surface area contributed by atoms with E-state index in [4.69, 9.17) is 9.47 Å². The van der Waals surface area contributed by atoms with Crippen LogP contribution in [0, 0.1) is 5.92 Å². The molecule has 3 unspecified atom stereocenters. The summed E-state index contributed by atoms with van der Waals surface area (Å²) in [5.41, 5.74) is 0.933. The molecule has 9 nitrogen and oxygen atoms in total. The number of rotatable bonds is 3. The van der Waals surface area contributed by atoms with Crippen molar-refractivity contribution in [2.75, 3.05) is 32.8 Å². The molecule has 5 rings (SSSR count). The molecular formula is C20H27N5O4. The SMILES string of the molecule is O=C1NC2NC(N3CCC4(CC3)OCCO4)NCC2C(=O)N1Cc1ccccc1. The van der Waals surface area contributed by atoms with Crippen LogP contribution in [0.5, 0.6) is 0 Å². The number of hydrogen-bond donors (Lipinski definition) is 3. The smallest absolute Gasteiger partial charge is 0.325 e. The number of ether oxygens (including phenoxy) is 2. The normalized spacial score (nSPS) is 32.3. The van der Waals surface area contributed by atoms with E-state index in [-0.39, 0.29) is 36.9 Å². The molecule has 0 radical (unpaired) electrons. The third-order valence-corrected chi connectivity index (χ3v) is 6.30. The van der Waals surface area contributed by atoms with Gasteiger partial charge in [-0.1, -0.05) is 30.3 Å². The van der Waals surface area contributed by atoms with Crippen LogP contribution in [0.15, 0.2) is 30.3 Å². The molecule has 4 heterocycles. The molecular weight excluding hydrogens is 374 g/mol. The first kappa shape index (κ1) is 19.0. The van der Waals surface area contributed by atoms with Gasteiger partial charge in [-0.2, -0.15) is 0 Å². The monoisotopic (exact) mass is 401 g/mol. The Hall–Kier alpha value is -2.04. The highest BCUT2D eigenvalue weighted by molar-refractivity contribution is 5.98. The first-order valence-electron chi connectivity index (χ1n) is 10.3. The zero-order valence-corrected chi connectivity index (χ0v) is 16.3. The fourth-order valence-corrected chi connectivity index (χ4v) is 4.64. The minimum Gasteiger partial charge on any atom is -0.347 e. The van der Waals surface area contributed by atoms with Crippen molar-refractivity contribution in [3.63, 3.8) is 0 Å². The minimum atomic E-state index is -0.416. The van der Waals surface area contributed by atoms with Gasteiger partial charge in [-0.25, -0.2) is 4.79 Å². The zero-order valence-electron chi connectivity index (χ0n) is 16.3. The number of piperidine rings is 1. The van der Waals surface area contributed by atoms with Crippen LogP contribution < -0.4 is 16.0 Å². The molecule has 0 aromatic heterocycles. The highest BCUT2D eigenvalue weighted by Crippen LogP contribution is 2.32. The molecule has 4 aliphatic heterocycles. The number of benzene rings is 1. The summed E-state index contributed by atoms with van der Waals surface area (Å²) in [6, 6.07) is 9.22. The fraction of sp³-hybridized carbons (Fsp3) is 0.600. The van der Waals surface area contributed by atoms with E-state index in [1.54, 1.807) is 0 Å². The summed E-state index contributed by atoms with van der Waals surface area (Å²) in [6.07, 6.45) is 1.17. The summed E-state index contributed by atoms with van der Waals surface area (Å²) >= 11 is 0. The van der Waals surface area contributed by atoms with Gasteiger partial charge in [0.15, 0.2) is 5.79 Å². The Morgan fingerprint density at radius 1 is 1.07 bits per heavy atom. The Bertz CT molecular complexity index is 759. The molecule has 1 spiro atoms. The molecule has 3 N–H and O–H groups in total. The Morgan fingerprint density at radius 3 is 2.52 bits per heavy atom. The molecule has 4 fully saturated rings. The second-order valence-electron chi connectivity index (χ2n) is 8.06. The molecule has 1 aromatic carbocycles. The second-order valence-corrected chi connectivity index (χ2v) is 8.06. The topological polar surface area (TPSA) is 95.2 Å². The number of imide groups is 1. The Labute approximate surface area is 169 Å². The van der Waals surface area contributed by atoms with E-state index in [1.807, 2.05) is 30.3 Å². The number of hydrogen-bond acceptors (Lipinski definition) is 7. The zero-order chi connectivity index (χ0) is 19.8. The van der Waals surface area contributed by atoms with Gasteiger partial charge < -0.3 is 14.8 Å². The number of likely N-dealkylation sites (tertiary alicyclic amines) is 1. The lowest BCUT2D eigenvalue weighted by atomic mass is 9.98. The van der Waals surface area contributed by atoms with E-state index >= 15 is 0 Å². The predicted octanol–water partition coefficient (Wildman–Crippen LogP) is -0.00400. The highest BCUT2D eigenvalue weighted by Gasteiger charge is 2.47. The van der Waals surface area contributed by atoms with Crippen molar-refractivity contribution in [1.29, 1.82) is 0 Å². The molecule has 3 amide bonds. The molecule has 1 aromatic rings. The number of nitrogens with one attached hydrogen (secondary N) is 3. The summed E-state index contributed by atoms with van der Waals surface area (Å²) in [6.45, 7) is 3.77. The van der Waals surface area contributed by atoms with Crippen molar-refractivity contribution in [1.82, 2.24) is 25.8 Å². The maximum Gasteiger partial charge on any atom is 0.325 e. The highest BCUT2D eigenvalue weighted by atomic mass is 16.7. The lowest BCUT2D eigenvalue weighted by molar-refractivity contribution is -0.190. The number of fused-ring (bicyclic) bond motifs is 1. The Balaban J connectivity index is 1.20. The van der Waals surface area contributed by atoms with E-state index in [0.29, 0.717) is 19.8 Å². The standard InChI is InChI=1S/C20H27N5O4/c26-17-15-12-21-18(24-8-6-20(7-9-24)28-10-11-29-20)22-16(15)23-19(27)25(17)13-14-4-2-1-3-5-14/h1-5,15-16,18,21-22H,6-13H2,(H,23,27). The largest absolute Gasteiger partial charge is 0.347 e. The lowest BCUT2D eigenvalue weighted by Gasteiger charge is -2.48. The summed E-state index contributed by atoms with van der Waals surface area (Å²) in [4.78, 5) is 29.2. The number of nitrogens with zero attached hydrogens (tertiary/aromatic N) is 2. The molecule has 29 heavy (non-hydrogen) atoms. The summed E-state index contributed by atoms with van der Waals surface area (Å²) in [7, 11) is 0. The van der Waals surface area contributed by atoms with Crippen LogP contribution in [0.1, 0.15) is 18.4 Å². The van der Waals surface area contributed by atoms with Crippen LogP contribution in [-0.4, -0.2) is 72.8 Å². The molecule has 0 aliphatic carbocycles. The summed E-state index contributed by atoms with van der Waals surface area (Å²) < 4.78 is 11.6. The molecule has 4 saturated heterocycles. The number of carbonyl (C=O) groups excluding carboxylic acids is 2. The molecule has 0 saturated carbocycles. The number of urea groups is 1. The molecule has 9 heteroatoms. The first-order valence-corrected chi connectivity index (χ1v) is 10.3. The number of carbonyl (C=O) groups is 2. The second kappa shape index (κ2) is 7.66. The van der Waals surface area contributed by atoms with Crippen molar-refractivity contribution in [3.05, 3.63) is 35.9 Å². The van der Waals surface area contributed by atoms with Gasteiger partial charge in [-0.15, -0.1) is 0 Å². The molecule has 0 bridgehead atoms. The van der Waals surface area contributed by atoms with Gasteiger partial charge in [0.25, 0.3) is 0 Å². The predicted molar refractivity (Wildman–Crippen MR) is 103 cm³/mol. The van der Waals surface area contributed by atoms with E-state index in [9.17, 15) is 9.59 Å². The minimum absolute atomic E-state index is 0.0937. The van der Waals surface area contributed by atoms with Crippen molar-refractivity contribution in [3.8, 4) is 0 Å². The lowest BCUT2D eigenvalue weighted by Crippen LogP contribution is -2.75. The van der Waals surface area contributed by atoms with Gasteiger partial charge >= 0.3 is 6.03 Å². The number of amides is 3. The van der Waals surface area contributed by atoms with Crippen LogP contribution in [-0.2, 0) is 20.8 Å². The summed E-state index contributed by atoms with van der Waals surface area (Å²) in [5, 5.41) is 9.81. The van der Waals surface area contributed by atoms with Crippen LogP contribution >= 0.6 is 0 Å². The first-order chi connectivity index (χ1) is 14.1. The van der Waals surface area contributed by atoms with Gasteiger partial charge in [0.1, 0.15) is 6.29 Å². The summed E-state index contributed by atoms with van der Waals surface area (Å²) in [5.74, 6) is -0.891. The van der Waals surface area contributed by atoms with Crippen LogP contribution in [0.3, 0.4) is 0 Å². The van der Waals surface area contributed by atoms with Gasteiger partial charge in [0.2, 0.25) is 5.91 Å². The van der Waals surface area contributed by atoms with E-state index in [2.05, 4.69) is 20.9 Å². The van der Waals surface area contributed by atoms with E-state index < -0.39 is 5.79 Å². The van der Waals surface area contributed by atoms with Crippen molar-refractivity contribution in [2.24, 2.45) is 5.92 Å². The maximum atomic E-state index is 13.0. The van der Waals surface area contributed by atoms with Crippen molar-refractivity contribution < 1.29 is 19.1 Å². The van der Waals surface area contributed by atoms with Crippen LogP contribution in [0.4, 0.5) is 4.79 Å². The molecule has 3 atom stereocenters. The van der Waals surface area contributed by atoms with Gasteiger partial charge in [-0.3, -0.25) is 25.2 Å². The molecule has 4 aliphatic rings. The van der Waals surface area contributed by atoms with Crippen LogP contribution in [0.25, 0.3) is 0 Å². The average molecular weight is 401 g/mol. The Kier molecular flexibility index (Phi) is 5.00. The van der Waals surface area contributed by atoms with Gasteiger partial charge in [0.05, 0.1) is 31.8 Å². The van der Waals surface area contributed by atoms with Gasteiger partial charge in [-0.05, 0) is 5.56 Å². The van der Waals surface area contributed by atoms with Crippen molar-refractivity contribution in [2.45, 2.75) is 37.6 Å². The fourth-order valence-electron chi connectivity index (χ4n) is 4.64.